The Morgan fingerprint density at radius 1 is 1.47 bits per heavy atom. The van der Waals surface area contributed by atoms with Crippen molar-refractivity contribution < 1.29 is 19.1 Å². The van der Waals surface area contributed by atoms with Gasteiger partial charge in [0.05, 0.1) is 5.56 Å². The summed E-state index contributed by atoms with van der Waals surface area (Å²) in [5, 5.41) is 11.4. The Bertz CT molecular complexity index is 459. The van der Waals surface area contributed by atoms with E-state index in [4.69, 9.17) is 5.11 Å². The first-order valence-corrected chi connectivity index (χ1v) is 7.03. The van der Waals surface area contributed by atoms with Crippen LogP contribution in [0, 0.1) is 9.39 Å². The monoisotopic (exact) mass is 379 g/mol. The average molecular weight is 379 g/mol. The Morgan fingerprint density at radius 3 is 2.68 bits per heavy atom. The quantitative estimate of drug-likeness (QED) is 0.748. The van der Waals surface area contributed by atoms with Gasteiger partial charge >= 0.3 is 5.97 Å². The number of carbonyl (C=O) groups is 2. The van der Waals surface area contributed by atoms with Crippen molar-refractivity contribution in [3.05, 3.63) is 33.1 Å². The maximum absolute atomic E-state index is 13.6. The highest BCUT2D eigenvalue weighted by molar-refractivity contribution is 14.1. The summed E-state index contributed by atoms with van der Waals surface area (Å²) >= 11 is 1.85. The van der Waals surface area contributed by atoms with Crippen LogP contribution >= 0.6 is 22.6 Å². The molecule has 0 heterocycles. The van der Waals surface area contributed by atoms with Gasteiger partial charge in [0.2, 0.25) is 0 Å². The third-order valence-electron chi connectivity index (χ3n) is 2.64. The molecule has 0 aliphatic carbocycles. The Balaban J connectivity index is 2.85. The van der Waals surface area contributed by atoms with E-state index in [1.807, 2.05) is 29.5 Å². The summed E-state index contributed by atoms with van der Waals surface area (Å²) in [6, 6.07) is 3.29. The molecule has 0 aliphatic rings. The molecule has 0 aliphatic heterocycles. The van der Waals surface area contributed by atoms with Crippen molar-refractivity contribution >= 4 is 34.5 Å². The molecule has 0 bridgehead atoms. The molecule has 1 atom stereocenters. The smallest absolute Gasteiger partial charge is 0.326 e. The third kappa shape index (κ3) is 4.45. The fourth-order valence-corrected chi connectivity index (χ4v) is 2.32. The van der Waals surface area contributed by atoms with Crippen molar-refractivity contribution in [2.24, 2.45) is 0 Å². The largest absolute Gasteiger partial charge is 0.480 e. The first kappa shape index (κ1) is 15.9. The molecule has 0 aromatic heterocycles. The lowest BCUT2D eigenvalue weighted by atomic mass is 10.1. The second kappa shape index (κ2) is 7.42. The van der Waals surface area contributed by atoms with Gasteiger partial charge in [0.1, 0.15) is 11.9 Å². The number of carbonyl (C=O) groups excluding carboxylic acids is 1. The summed E-state index contributed by atoms with van der Waals surface area (Å²) in [6.45, 7) is 1.93. The van der Waals surface area contributed by atoms with E-state index in [0.29, 0.717) is 16.4 Å². The molecule has 0 saturated carbocycles. The maximum atomic E-state index is 13.6. The summed E-state index contributed by atoms with van der Waals surface area (Å²) in [5.41, 5.74) is -0.106. The molecule has 6 heteroatoms. The van der Waals surface area contributed by atoms with Crippen molar-refractivity contribution in [2.45, 2.75) is 32.2 Å². The second-order valence-corrected chi connectivity index (χ2v) is 5.27. The zero-order chi connectivity index (χ0) is 14.4. The molecule has 1 rings (SSSR count). The van der Waals surface area contributed by atoms with E-state index >= 15 is 0 Å². The number of halogens is 2. The van der Waals surface area contributed by atoms with Crippen molar-refractivity contribution in [1.82, 2.24) is 5.32 Å². The molecule has 0 saturated heterocycles. The van der Waals surface area contributed by atoms with Crippen LogP contribution in [0.15, 0.2) is 18.2 Å². The van der Waals surface area contributed by atoms with E-state index in [1.54, 1.807) is 6.07 Å². The van der Waals surface area contributed by atoms with Gasteiger partial charge in [-0.05, 0) is 41.1 Å². The number of amides is 1. The lowest BCUT2D eigenvalue weighted by Gasteiger charge is -2.15. The average Bonchev–Trinajstić information content (AvgIpc) is 2.33. The molecule has 1 unspecified atom stereocenters. The second-order valence-electron chi connectivity index (χ2n) is 4.10. The lowest BCUT2D eigenvalue weighted by molar-refractivity contribution is -0.139. The number of benzene rings is 1. The van der Waals surface area contributed by atoms with E-state index in [0.717, 1.165) is 6.42 Å². The standard InChI is InChI=1S/C13H15FINO3/c1-2-3-7-10(13(18)19)16-12(17)11-8(14)5-4-6-9(11)15/h4-6,10H,2-3,7H2,1H3,(H,16,17)(H,18,19). The highest BCUT2D eigenvalue weighted by Gasteiger charge is 2.23. The molecular formula is C13H15FINO3. The highest BCUT2D eigenvalue weighted by Crippen LogP contribution is 2.16. The number of aliphatic carboxylic acids is 1. The summed E-state index contributed by atoms with van der Waals surface area (Å²) in [5.74, 6) is -2.44. The van der Waals surface area contributed by atoms with Gasteiger partial charge in [-0.2, -0.15) is 0 Å². The molecule has 0 fully saturated rings. The number of hydrogen-bond acceptors (Lipinski definition) is 2. The molecule has 1 aromatic carbocycles. The third-order valence-corrected chi connectivity index (χ3v) is 3.54. The summed E-state index contributed by atoms with van der Waals surface area (Å²) in [4.78, 5) is 23.0. The van der Waals surface area contributed by atoms with E-state index in [9.17, 15) is 14.0 Å². The van der Waals surface area contributed by atoms with Crippen molar-refractivity contribution in [1.29, 1.82) is 0 Å². The van der Waals surface area contributed by atoms with Crippen LogP contribution < -0.4 is 5.32 Å². The minimum Gasteiger partial charge on any atom is -0.480 e. The van der Waals surface area contributed by atoms with Crippen LogP contribution in [-0.2, 0) is 4.79 Å². The van der Waals surface area contributed by atoms with Crippen LogP contribution in [0.25, 0.3) is 0 Å². The number of carboxylic acids is 1. The maximum Gasteiger partial charge on any atom is 0.326 e. The van der Waals surface area contributed by atoms with Crippen molar-refractivity contribution in [2.75, 3.05) is 0 Å². The van der Waals surface area contributed by atoms with Gasteiger partial charge in [0.25, 0.3) is 5.91 Å². The van der Waals surface area contributed by atoms with Gasteiger partial charge in [-0.1, -0.05) is 25.8 Å². The predicted molar refractivity (Wildman–Crippen MR) is 77.5 cm³/mol. The number of unbranched alkanes of at least 4 members (excludes halogenated alkanes) is 1. The Kier molecular flexibility index (Phi) is 6.20. The zero-order valence-corrected chi connectivity index (χ0v) is 12.6. The van der Waals surface area contributed by atoms with E-state index < -0.39 is 23.7 Å². The van der Waals surface area contributed by atoms with E-state index in [2.05, 4.69) is 5.32 Å². The molecule has 19 heavy (non-hydrogen) atoms. The topological polar surface area (TPSA) is 66.4 Å². The predicted octanol–water partition coefficient (Wildman–Crippen LogP) is 2.80. The minimum absolute atomic E-state index is 0.106. The van der Waals surface area contributed by atoms with E-state index in [-0.39, 0.29) is 5.56 Å². The lowest BCUT2D eigenvalue weighted by Crippen LogP contribution is -2.41. The number of nitrogens with one attached hydrogen (secondary N) is 1. The van der Waals surface area contributed by atoms with Gasteiger partial charge in [0, 0.05) is 3.57 Å². The number of carboxylic acid groups (broad SMARTS) is 1. The van der Waals surface area contributed by atoms with Gasteiger partial charge in [-0.25, -0.2) is 9.18 Å². The summed E-state index contributed by atoms with van der Waals surface area (Å²) in [7, 11) is 0. The van der Waals surface area contributed by atoms with Crippen LogP contribution in [0.1, 0.15) is 36.5 Å². The SMILES string of the molecule is CCCCC(NC(=O)c1c(F)cccc1I)C(=O)O. The van der Waals surface area contributed by atoms with Gasteiger partial charge in [-0.15, -0.1) is 0 Å². The molecular weight excluding hydrogens is 364 g/mol. The fraction of sp³-hybridized carbons (Fsp3) is 0.385. The minimum atomic E-state index is -1.10. The summed E-state index contributed by atoms with van der Waals surface area (Å²) in [6.07, 6.45) is 1.85. The molecule has 0 spiro atoms. The molecule has 1 aromatic rings. The Hall–Kier alpha value is -1.18. The van der Waals surface area contributed by atoms with Crippen LogP contribution in [0.2, 0.25) is 0 Å². The first-order valence-electron chi connectivity index (χ1n) is 5.95. The van der Waals surface area contributed by atoms with Crippen LogP contribution in [0.3, 0.4) is 0 Å². The van der Waals surface area contributed by atoms with Gasteiger partial charge in [-0.3, -0.25) is 4.79 Å². The molecule has 1 amide bonds. The fourth-order valence-electron chi connectivity index (χ4n) is 1.61. The zero-order valence-electron chi connectivity index (χ0n) is 10.5. The van der Waals surface area contributed by atoms with Crippen LogP contribution in [0.4, 0.5) is 4.39 Å². The van der Waals surface area contributed by atoms with Crippen molar-refractivity contribution in [3.63, 3.8) is 0 Å². The number of hydrogen-bond donors (Lipinski definition) is 2. The van der Waals surface area contributed by atoms with Gasteiger partial charge in [0.15, 0.2) is 0 Å². The first-order chi connectivity index (χ1) is 8.97. The van der Waals surface area contributed by atoms with Crippen molar-refractivity contribution in [3.8, 4) is 0 Å². The Labute approximate surface area is 124 Å². The summed E-state index contributed by atoms with van der Waals surface area (Å²) < 4.78 is 14.0. The molecule has 0 radical (unpaired) electrons. The van der Waals surface area contributed by atoms with Crippen LogP contribution in [0.5, 0.6) is 0 Å². The van der Waals surface area contributed by atoms with Crippen LogP contribution in [-0.4, -0.2) is 23.0 Å². The molecule has 2 N–H and O–H groups in total. The number of rotatable bonds is 6. The normalized spacial score (nSPS) is 11.9. The Morgan fingerprint density at radius 2 is 2.16 bits per heavy atom. The highest BCUT2D eigenvalue weighted by atomic mass is 127. The van der Waals surface area contributed by atoms with Gasteiger partial charge < -0.3 is 10.4 Å². The molecule has 104 valence electrons. The molecule has 4 nitrogen and oxygen atoms in total. The van der Waals surface area contributed by atoms with E-state index in [1.165, 1.54) is 12.1 Å².